The third-order valence-electron chi connectivity index (χ3n) is 3.43. The van der Waals surface area contributed by atoms with Gasteiger partial charge in [0, 0.05) is 12.6 Å². The largest absolute Gasteiger partial charge is 0.378 e. The molecule has 1 saturated carbocycles. The minimum atomic E-state index is 0.584. The predicted octanol–water partition coefficient (Wildman–Crippen LogP) is 3.11. The smallest absolute Gasteiger partial charge is 0.0575 e. The second-order valence-electron chi connectivity index (χ2n) is 4.82. The lowest BCUT2D eigenvalue weighted by atomic mass is 9.98. The molecule has 1 atom stereocenters. The van der Waals surface area contributed by atoms with Crippen molar-refractivity contribution in [2.45, 2.75) is 70.4 Å². The number of hydrogen-bond acceptors (Lipinski definition) is 2. The zero-order valence-corrected chi connectivity index (χ0v) is 10.4. The highest BCUT2D eigenvalue weighted by Gasteiger charge is 2.12. The molecule has 0 spiro atoms. The van der Waals surface area contributed by atoms with Crippen molar-refractivity contribution >= 4 is 0 Å². The first kappa shape index (κ1) is 13.0. The van der Waals surface area contributed by atoms with E-state index in [1.807, 2.05) is 7.05 Å². The number of nitrogens with one attached hydrogen (secondary N) is 1. The summed E-state index contributed by atoms with van der Waals surface area (Å²) in [5.41, 5.74) is 0. The molecule has 0 saturated heterocycles. The van der Waals surface area contributed by atoms with E-state index in [9.17, 15) is 0 Å². The van der Waals surface area contributed by atoms with Crippen LogP contribution in [0, 0.1) is 0 Å². The topological polar surface area (TPSA) is 21.3 Å². The lowest BCUT2D eigenvalue weighted by Crippen LogP contribution is -2.21. The first-order chi connectivity index (χ1) is 7.33. The Morgan fingerprint density at radius 3 is 2.60 bits per heavy atom. The molecule has 1 aliphatic rings. The Balaban J connectivity index is 1.87. The molecule has 0 bridgehead atoms. The molecular weight excluding hydrogens is 186 g/mol. The molecule has 0 aromatic carbocycles. The van der Waals surface area contributed by atoms with Crippen LogP contribution in [0.25, 0.3) is 0 Å². The Kier molecular flexibility index (Phi) is 7.03. The van der Waals surface area contributed by atoms with Crippen LogP contribution >= 0.6 is 0 Å². The van der Waals surface area contributed by atoms with E-state index in [0.29, 0.717) is 12.1 Å². The van der Waals surface area contributed by atoms with Gasteiger partial charge in [0.2, 0.25) is 0 Å². The van der Waals surface area contributed by atoms with Gasteiger partial charge in [-0.25, -0.2) is 0 Å². The maximum atomic E-state index is 5.88. The highest BCUT2D eigenvalue weighted by atomic mass is 16.5. The Bertz CT molecular complexity index is 143. The monoisotopic (exact) mass is 213 g/mol. The molecule has 0 heterocycles. The van der Waals surface area contributed by atoms with Crippen LogP contribution in [0.4, 0.5) is 0 Å². The zero-order valence-electron chi connectivity index (χ0n) is 10.4. The molecule has 0 aliphatic heterocycles. The van der Waals surface area contributed by atoms with Crippen LogP contribution in [-0.4, -0.2) is 25.8 Å². The predicted molar refractivity (Wildman–Crippen MR) is 65.2 cm³/mol. The van der Waals surface area contributed by atoms with E-state index in [0.717, 1.165) is 6.61 Å². The van der Waals surface area contributed by atoms with E-state index < -0.39 is 0 Å². The van der Waals surface area contributed by atoms with E-state index in [2.05, 4.69) is 12.2 Å². The standard InChI is InChI=1S/C13H27NO/c1-12(14-2)8-6-7-11-15-13-9-4-3-5-10-13/h12-14H,3-11H2,1-2H3. The molecule has 1 fully saturated rings. The van der Waals surface area contributed by atoms with Crippen molar-refractivity contribution in [1.29, 1.82) is 0 Å². The van der Waals surface area contributed by atoms with E-state index in [-0.39, 0.29) is 0 Å². The van der Waals surface area contributed by atoms with Gasteiger partial charge < -0.3 is 10.1 Å². The van der Waals surface area contributed by atoms with Crippen molar-refractivity contribution in [3.63, 3.8) is 0 Å². The average molecular weight is 213 g/mol. The molecule has 0 amide bonds. The summed E-state index contributed by atoms with van der Waals surface area (Å²) in [4.78, 5) is 0. The molecule has 1 N–H and O–H groups in total. The molecule has 15 heavy (non-hydrogen) atoms. The first-order valence-electron chi connectivity index (χ1n) is 6.62. The van der Waals surface area contributed by atoms with Crippen LogP contribution in [0.1, 0.15) is 58.3 Å². The molecule has 0 aromatic heterocycles. The molecule has 2 nitrogen and oxygen atoms in total. The summed E-state index contributed by atoms with van der Waals surface area (Å²) in [6, 6.07) is 0.652. The second-order valence-corrected chi connectivity index (χ2v) is 4.82. The number of ether oxygens (including phenoxy) is 1. The Hall–Kier alpha value is -0.0800. The minimum absolute atomic E-state index is 0.584. The van der Waals surface area contributed by atoms with Crippen molar-refractivity contribution < 1.29 is 4.74 Å². The molecule has 1 unspecified atom stereocenters. The minimum Gasteiger partial charge on any atom is -0.378 e. The SMILES string of the molecule is CNC(C)CCCCOC1CCCCC1. The number of rotatable bonds is 7. The Labute approximate surface area is 94.8 Å². The Morgan fingerprint density at radius 2 is 1.93 bits per heavy atom. The third-order valence-corrected chi connectivity index (χ3v) is 3.43. The average Bonchev–Trinajstić information content (AvgIpc) is 2.29. The van der Waals surface area contributed by atoms with Crippen molar-refractivity contribution in [3.8, 4) is 0 Å². The van der Waals surface area contributed by atoms with Gasteiger partial charge in [0.05, 0.1) is 6.10 Å². The molecule has 2 heteroatoms. The maximum Gasteiger partial charge on any atom is 0.0575 e. The quantitative estimate of drug-likeness (QED) is 0.656. The normalized spacial score (nSPS) is 20.4. The van der Waals surface area contributed by atoms with Crippen molar-refractivity contribution in [1.82, 2.24) is 5.32 Å². The van der Waals surface area contributed by atoms with E-state index in [1.54, 1.807) is 0 Å². The van der Waals surface area contributed by atoms with Crippen LogP contribution in [0.5, 0.6) is 0 Å². The summed E-state index contributed by atoms with van der Waals surface area (Å²) >= 11 is 0. The summed E-state index contributed by atoms with van der Waals surface area (Å²) in [6.45, 7) is 3.21. The van der Waals surface area contributed by atoms with Gasteiger partial charge in [0.25, 0.3) is 0 Å². The fourth-order valence-corrected chi connectivity index (χ4v) is 2.18. The highest BCUT2D eigenvalue weighted by molar-refractivity contribution is 4.65. The summed E-state index contributed by atoms with van der Waals surface area (Å²) < 4.78 is 5.88. The van der Waals surface area contributed by atoms with Gasteiger partial charge in [-0.3, -0.25) is 0 Å². The first-order valence-corrected chi connectivity index (χ1v) is 6.62. The van der Waals surface area contributed by atoms with E-state index in [4.69, 9.17) is 4.74 Å². The number of hydrogen-bond donors (Lipinski definition) is 1. The van der Waals surface area contributed by atoms with Crippen molar-refractivity contribution in [3.05, 3.63) is 0 Å². The fourth-order valence-electron chi connectivity index (χ4n) is 2.18. The zero-order chi connectivity index (χ0) is 10.9. The van der Waals surface area contributed by atoms with Gasteiger partial charge in [-0.15, -0.1) is 0 Å². The summed E-state index contributed by atoms with van der Waals surface area (Å²) in [6.07, 6.45) is 11.1. The molecule has 90 valence electrons. The lowest BCUT2D eigenvalue weighted by molar-refractivity contribution is 0.0261. The van der Waals surface area contributed by atoms with Crippen LogP contribution in [0.2, 0.25) is 0 Å². The van der Waals surface area contributed by atoms with Crippen molar-refractivity contribution in [2.75, 3.05) is 13.7 Å². The summed E-state index contributed by atoms with van der Waals surface area (Å²) in [5, 5.41) is 3.26. The third kappa shape index (κ3) is 6.16. The Morgan fingerprint density at radius 1 is 1.20 bits per heavy atom. The van der Waals surface area contributed by atoms with Gasteiger partial charge in [-0.2, -0.15) is 0 Å². The van der Waals surface area contributed by atoms with Gasteiger partial charge in [-0.1, -0.05) is 19.3 Å². The summed E-state index contributed by atoms with van der Waals surface area (Å²) in [7, 11) is 2.03. The number of unbranched alkanes of at least 4 members (excludes halogenated alkanes) is 1. The van der Waals surface area contributed by atoms with E-state index in [1.165, 1.54) is 51.4 Å². The van der Waals surface area contributed by atoms with Gasteiger partial charge in [-0.05, 0) is 46.1 Å². The fraction of sp³-hybridized carbons (Fsp3) is 1.00. The molecular formula is C13H27NO. The molecule has 1 aliphatic carbocycles. The van der Waals surface area contributed by atoms with Crippen LogP contribution in [0.15, 0.2) is 0 Å². The molecule has 0 aromatic rings. The van der Waals surface area contributed by atoms with Crippen molar-refractivity contribution in [2.24, 2.45) is 0 Å². The molecule has 0 radical (unpaired) electrons. The van der Waals surface area contributed by atoms with Crippen LogP contribution < -0.4 is 5.32 Å². The highest BCUT2D eigenvalue weighted by Crippen LogP contribution is 2.20. The van der Waals surface area contributed by atoms with E-state index >= 15 is 0 Å². The maximum absolute atomic E-state index is 5.88. The summed E-state index contributed by atoms with van der Waals surface area (Å²) in [5.74, 6) is 0. The molecule has 1 rings (SSSR count). The van der Waals surface area contributed by atoms with Gasteiger partial charge in [0.15, 0.2) is 0 Å². The van der Waals surface area contributed by atoms with Gasteiger partial charge in [0.1, 0.15) is 0 Å². The second kappa shape index (κ2) is 8.12. The van der Waals surface area contributed by atoms with Crippen LogP contribution in [0.3, 0.4) is 0 Å². The van der Waals surface area contributed by atoms with Gasteiger partial charge >= 0.3 is 0 Å². The lowest BCUT2D eigenvalue weighted by Gasteiger charge is -2.22. The van der Waals surface area contributed by atoms with Crippen LogP contribution in [-0.2, 0) is 4.74 Å².